The second kappa shape index (κ2) is 22.5. The highest BCUT2D eigenvalue weighted by Gasteiger charge is 2.59. The molecule has 0 aliphatic carbocycles. The van der Waals surface area contributed by atoms with Gasteiger partial charge in [0.1, 0.15) is 41.4 Å². The predicted molar refractivity (Wildman–Crippen MR) is 322 cm³/mol. The lowest BCUT2D eigenvalue weighted by molar-refractivity contribution is -0.141. The van der Waals surface area contributed by atoms with E-state index in [2.05, 4.69) is 41.5 Å². The van der Waals surface area contributed by atoms with E-state index in [0.29, 0.717) is 78.1 Å². The Morgan fingerprint density at radius 1 is 0.977 bits per heavy atom. The van der Waals surface area contributed by atoms with Gasteiger partial charge in [0.25, 0.3) is 0 Å². The third-order valence-electron chi connectivity index (χ3n) is 19.3. The Morgan fingerprint density at radius 3 is 2.50 bits per heavy atom. The van der Waals surface area contributed by atoms with Gasteiger partial charge in [-0.3, -0.25) is 24.4 Å². The number of pyridine rings is 1. The topological polar surface area (TPSA) is 219 Å². The minimum atomic E-state index is -1.04. The Kier molecular flexibility index (Phi) is 15.0. The molecule has 6 aliphatic rings. The fraction of sp³-hybridized carbons (Fsp3) is 0.469. The van der Waals surface area contributed by atoms with Crippen molar-refractivity contribution < 1.29 is 42.6 Å². The van der Waals surface area contributed by atoms with Crippen molar-refractivity contribution in [2.45, 2.75) is 133 Å². The SMILES string of the molecule is C#Cc1c(F)ccc2cccc(-c3ncc4c(N5CC6CCC(C5)N6)nc(OC[C@]56CCCN5[C@H](C5(C)CN(c7cc(C(C(=O)N8C[C@H](O)C[C@H]8C(=O)NC(C)c8ccc(-c9scnc9C)cc8)C(C)C)on7)CCN5C(=O)O)CC6)nc4c3F)c12. The number of aryl methyl sites for hydroxylation is 1. The van der Waals surface area contributed by atoms with Crippen LogP contribution in [0.5, 0.6) is 6.01 Å². The standard InChI is InChI=1S/C64H70F2N12O7S/c1-7-44-47(65)19-16-39-10-8-11-45(53(39)44)55-54(66)56-46(28-67-55)58(75-29-41-17-18-42(30-75)70-41)72-61(71-56)84-33-64-21-9-23-77(64)50(20-22-64)63(6)32-74(24-25-78(63)62(82)83)51-27-49(85-73-51)52(35(2)3)60(81)76-31-43(79)26-48(76)59(80)69-36(4)38-12-14-40(15-13-38)57-37(5)68-34-86-57/h1,8,10-16,19,27-28,34-36,41-43,48,50,52,70,79H,9,17-18,20-26,29-33H2,2-6H3,(H,69,80)(H,82,83)/t36?,41?,42?,43-,48+,50+,52?,63?,64-/m1/s1. The number of piperazine rings is 2. The highest BCUT2D eigenvalue weighted by molar-refractivity contribution is 7.13. The molecule has 3 amide bonds. The first-order chi connectivity index (χ1) is 41.4. The largest absolute Gasteiger partial charge is 0.465 e. The number of aliphatic hydroxyl groups is 1. The first kappa shape index (κ1) is 57.2. The normalized spacial score (nSPS) is 25.5. The molecule has 6 fully saturated rings. The van der Waals surface area contributed by atoms with Crippen molar-refractivity contribution in [3.8, 4) is 40.1 Å². The van der Waals surface area contributed by atoms with Crippen molar-refractivity contribution in [3.05, 3.63) is 107 Å². The van der Waals surface area contributed by atoms with Crippen LogP contribution in [0.25, 0.3) is 43.4 Å². The van der Waals surface area contributed by atoms with Gasteiger partial charge in [0.05, 0.1) is 50.3 Å². The van der Waals surface area contributed by atoms with E-state index in [-0.39, 0.29) is 97.3 Å². The minimum Gasteiger partial charge on any atom is -0.465 e. The third kappa shape index (κ3) is 10.0. The van der Waals surface area contributed by atoms with Crippen LogP contribution in [0.4, 0.5) is 25.2 Å². The number of anilines is 2. The van der Waals surface area contributed by atoms with Crippen LogP contribution in [0.15, 0.2) is 76.9 Å². The molecule has 9 atom stereocenters. The summed E-state index contributed by atoms with van der Waals surface area (Å²) in [5.74, 6) is 0.584. The monoisotopic (exact) mass is 1190 g/mol. The number of ether oxygens (including phenoxy) is 1. The molecule has 22 heteroatoms. The van der Waals surface area contributed by atoms with Crippen LogP contribution in [0.2, 0.25) is 0 Å². The average Bonchev–Trinajstić information content (AvgIpc) is 1.60. The van der Waals surface area contributed by atoms with Gasteiger partial charge in [0, 0.05) is 87.0 Å². The highest BCUT2D eigenvalue weighted by atomic mass is 32.1. The maximum absolute atomic E-state index is 17.5. The minimum absolute atomic E-state index is 0.00386. The number of halogens is 2. The number of β-amino-alcohol motifs (C(OH)–C–C–N with tert-alkyl or cyclic N) is 1. The van der Waals surface area contributed by atoms with Crippen LogP contribution < -0.4 is 25.2 Å². The molecule has 0 radical (unpaired) electrons. The molecular formula is C64H70F2N12O7S. The first-order valence-corrected chi connectivity index (χ1v) is 30.8. The van der Waals surface area contributed by atoms with Crippen molar-refractivity contribution >= 4 is 62.6 Å². The highest BCUT2D eigenvalue weighted by Crippen LogP contribution is 2.49. The number of hydrogen-bond acceptors (Lipinski definition) is 16. The van der Waals surface area contributed by atoms with E-state index in [0.717, 1.165) is 47.4 Å². The van der Waals surface area contributed by atoms with Crippen molar-refractivity contribution in [1.29, 1.82) is 0 Å². The second-order valence-corrected chi connectivity index (χ2v) is 25.8. The molecule has 0 spiro atoms. The quantitative estimate of drug-likeness (QED) is 0.0749. The number of carboxylic acid groups (broad SMARTS) is 1. The van der Waals surface area contributed by atoms with Crippen LogP contribution in [0, 0.1) is 36.8 Å². The Balaban J connectivity index is 0.738. The predicted octanol–water partition coefficient (Wildman–Crippen LogP) is 8.68. The van der Waals surface area contributed by atoms with E-state index in [1.165, 1.54) is 11.0 Å². The fourth-order valence-corrected chi connectivity index (χ4v) is 15.8. The van der Waals surface area contributed by atoms with Crippen LogP contribution in [0.3, 0.4) is 0 Å². The van der Waals surface area contributed by atoms with Gasteiger partial charge in [0.2, 0.25) is 11.8 Å². The number of aromatic nitrogens is 5. The van der Waals surface area contributed by atoms with Gasteiger partial charge >= 0.3 is 12.1 Å². The second-order valence-electron chi connectivity index (χ2n) is 24.9. The van der Waals surface area contributed by atoms with Crippen LogP contribution >= 0.6 is 11.3 Å². The van der Waals surface area contributed by atoms with Gasteiger partial charge in [-0.15, -0.1) is 17.8 Å². The first-order valence-electron chi connectivity index (χ1n) is 29.9. The summed E-state index contributed by atoms with van der Waals surface area (Å²) >= 11 is 1.57. The van der Waals surface area contributed by atoms with E-state index in [4.69, 9.17) is 25.7 Å². The van der Waals surface area contributed by atoms with Crippen molar-refractivity contribution in [2.24, 2.45) is 5.92 Å². The summed E-state index contributed by atoms with van der Waals surface area (Å²) < 4.78 is 45.5. The van der Waals surface area contributed by atoms with Crippen molar-refractivity contribution in [1.82, 2.24) is 50.4 Å². The average molecular weight is 1190 g/mol. The van der Waals surface area contributed by atoms with Crippen LogP contribution in [-0.2, 0) is 9.59 Å². The molecule has 4 N–H and O–H groups in total. The van der Waals surface area contributed by atoms with Crippen LogP contribution in [-0.4, -0.2) is 162 Å². The number of carbonyl (C=O) groups is 3. The number of rotatable bonds is 14. The van der Waals surface area contributed by atoms with Gasteiger partial charge < -0.3 is 44.8 Å². The number of carbonyl (C=O) groups excluding carboxylic acids is 2. The summed E-state index contributed by atoms with van der Waals surface area (Å²) in [6.45, 7) is 12.5. The van der Waals surface area contributed by atoms with E-state index < -0.39 is 46.9 Å². The number of nitrogens with zero attached hydrogens (tertiary/aromatic N) is 10. The fourth-order valence-electron chi connectivity index (χ4n) is 15.0. The lowest BCUT2D eigenvalue weighted by Crippen LogP contribution is -2.70. The van der Waals surface area contributed by atoms with Crippen molar-refractivity contribution in [2.75, 3.05) is 62.2 Å². The number of thiazole rings is 1. The van der Waals surface area contributed by atoms with Gasteiger partial charge in [-0.05, 0) is 94.3 Å². The van der Waals surface area contributed by atoms with Gasteiger partial charge in [0.15, 0.2) is 17.4 Å². The molecule has 6 saturated heterocycles. The lowest BCUT2D eigenvalue weighted by atomic mass is 9.85. The molecule has 7 aromatic rings. The summed E-state index contributed by atoms with van der Waals surface area (Å²) in [7, 11) is 0. The third-order valence-corrected chi connectivity index (χ3v) is 20.3. The smallest absolute Gasteiger partial charge is 0.407 e. The summed E-state index contributed by atoms with van der Waals surface area (Å²) in [5.41, 5.74) is 3.55. The number of likely N-dealkylation sites (tertiary alicyclic amines) is 1. The van der Waals surface area contributed by atoms with E-state index in [1.54, 1.807) is 52.8 Å². The number of nitrogens with one attached hydrogen (secondary N) is 2. The zero-order chi connectivity index (χ0) is 59.9. The van der Waals surface area contributed by atoms with Gasteiger partial charge in [-0.25, -0.2) is 18.6 Å². The van der Waals surface area contributed by atoms with Gasteiger partial charge in [-0.2, -0.15) is 9.97 Å². The number of aliphatic hydroxyl groups excluding tert-OH is 1. The number of benzene rings is 3. The van der Waals surface area contributed by atoms with E-state index >= 15 is 8.78 Å². The Bertz CT molecular complexity index is 3830. The van der Waals surface area contributed by atoms with E-state index in [1.807, 2.05) is 69.3 Å². The molecule has 10 heterocycles. The molecule has 4 aromatic heterocycles. The molecule has 3 aromatic carbocycles. The van der Waals surface area contributed by atoms with E-state index in [9.17, 15) is 24.6 Å². The molecule has 0 saturated carbocycles. The summed E-state index contributed by atoms with van der Waals surface area (Å²) in [6, 6.07) is 16.8. The summed E-state index contributed by atoms with van der Waals surface area (Å²) in [6.07, 6.45) is 10.5. The van der Waals surface area contributed by atoms with Crippen LogP contribution in [0.1, 0.15) is 107 Å². The Labute approximate surface area is 501 Å². The molecule has 2 bridgehead atoms. The molecule has 86 heavy (non-hydrogen) atoms. The summed E-state index contributed by atoms with van der Waals surface area (Å²) in [4.78, 5) is 71.7. The molecule has 13 rings (SSSR count). The molecule has 448 valence electrons. The maximum atomic E-state index is 17.5. The number of amides is 3. The Hall–Kier alpha value is -7.84. The maximum Gasteiger partial charge on any atom is 0.407 e. The zero-order valence-corrected chi connectivity index (χ0v) is 49.6. The molecule has 6 aliphatic heterocycles. The zero-order valence-electron chi connectivity index (χ0n) is 48.8. The summed E-state index contributed by atoms with van der Waals surface area (Å²) in [5, 5.41) is 34.6. The van der Waals surface area contributed by atoms with Crippen molar-refractivity contribution in [3.63, 3.8) is 0 Å². The van der Waals surface area contributed by atoms with Gasteiger partial charge in [-0.1, -0.05) is 73.5 Å². The Morgan fingerprint density at radius 2 is 1.77 bits per heavy atom. The number of fused-ring (bicyclic) bond motifs is 5. The number of terminal acetylenes is 1. The molecule has 19 nitrogen and oxygen atoms in total. The molecular weight excluding hydrogens is 1120 g/mol. The number of hydrogen-bond donors (Lipinski definition) is 4. The lowest BCUT2D eigenvalue weighted by Gasteiger charge is -2.53. The molecule has 5 unspecified atom stereocenters.